The second-order valence-electron chi connectivity index (χ2n) is 5.56. The summed E-state index contributed by atoms with van der Waals surface area (Å²) in [4.78, 5) is 21.6. The lowest BCUT2D eigenvalue weighted by Gasteiger charge is -2.15. The highest BCUT2D eigenvalue weighted by molar-refractivity contribution is 6.09. The topological polar surface area (TPSA) is 58.2 Å². The maximum absolute atomic E-state index is 12.0. The zero-order chi connectivity index (χ0) is 17.8. The van der Waals surface area contributed by atoms with E-state index in [-0.39, 0.29) is 0 Å². The fourth-order valence-corrected chi connectivity index (χ4v) is 2.81. The van der Waals surface area contributed by atoms with Gasteiger partial charge in [-0.2, -0.15) is 0 Å². The summed E-state index contributed by atoms with van der Waals surface area (Å²) in [6.45, 7) is 6.08. The number of pyridine rings is 1. The van der Waals surface area contributed by atoms with Crippen LogP contribution in [0.1, 0.15) is 31.3 Å². The number of aromatic nitrogens is 2. The predicted molar refractivity (Wildman–Crippen MR) is 102 cm³/mol. The molecule has 0 atom stereocenters. The Balaban J connectivity index is 2.15. The number of ether oxygens (including phenoxy) is 1. The minimum absolute atomic E-state index is 0.319. The predicted octanol–water partition coefficient (Wildman–Crippen LogP) is 4.77. The Bertz CT molecular complexity index is 958. The van der Waals surface area contributed by atoms with E-state index in [2.05, 4.69) is 22.1 Å². The number of allylic oxidation sites excluding steroid dienone is 2. The third-order valence-electron chi connectivity index (χ3n) is 3.87. The summed E-state index contributed by atoms with van der Waals surface area (Å²) in [7, 11) is 0. The van der Waals surface area contributed by atoms with Crippen LogP contribution >= 0.6 is 0 Å². The number of H-pyrrole nitrogens is 1. The van der Waals surface area contributed by atoms with E-state index < -0.39 is 5.97 Å². The van der Waals surface area contributed by atoms with Gasteiger partial charge in [0.1, 0.15) is 5.69 Å². The Morgan fingerprint density at radius 3 is 2.56 bits per heavy atom. The molecule has 3 aromatic rings. The molecule has 0 spiro atoms. The Morgan fingerprint density at radius 2 is 1.88 bits per heavy atom. The van der Waals surface area contributed by atoms with Gasteiger partial charge < -0.3 is 14.6 Å². The van der Waals surface area contributed by atoms with Crippen LogP contribution in [0.4, 0.5) is 5.69 Å². The molecule has 0 saturated carbocycles. The van der Waals surface area contributed by atoms with Gasteiger partial charge in [0.2, 0.25) is 0 Å². The van der Waals surface area contributed by atoms with Crippen LogP contribution < -0.4 is 4.90 Å². The van der Waals surface area contributed by atoms with Crippen molar-refractivity contribution in [2.45, 2.75) is 20.8 Å². The van der Waals surface area contributed by atoms with Gasteiger partial charge in [0.05, 0.1) is 18.3 Å². The first-order valence-electron chi connectivity index (χ1n) is 8.30. The van der Waals surface area contributed by atoms with E-state index in [9.17, 15) is 4.79 Å². The molecule has 3 rings (SSSR count). The number of benzene rings is 1. The molecule has 1 N–H and O–H groups in total. The molecular formula is C20H21N3O2. The monoisotopic (exact) mass is 335 g/mol. The lowest BCUT2D eigenvalue weighted by Crippen LogP contribution is -2.06. The third kappa shape index (κ3) is 3.26. The lowest BCUT2D eigenvalue weighted by molar-refractivity contribution is 0.0520. The van der Waals surface area contributed by atoms with Crippen LogP contribution in [-0.4, -0.2) is 22.5 Å². The summed E-state index contributed by atoms with van der Waals surface area (Å²) >= 11 is 0. The van der Waals surface area contributed by atoms with Crippen LogP contribution in [0, 0.1) is 0 Å². The Morgan fingerprint density at radius 1 is 1.16 bits per heavy atom. The van der Waals surface area contributed by atoms with Crippen LogP contribution in [0.3, 0.4) is 0 Å². The number of fused-ring (bicyclic) bond motifs is 3. The van der Waals surface area contributed by atoms with Gasteiger partial charge in [-0.1, -0.05) is 12.2 Å². The number of aromatic amines is 1. The maximum atomic E-state index is 12.0. The molecular weight excluding hydrogens is 314 g/mol. The SMILES string of the molecule is C/C=C\N(/C=C\C)c1ccc2[nH]c3cnc(C(=O)OCC)cc3c2c1. The normalized spacial score (nSPS) is 11.8. The highest BCUT2D eigenvalue weighted by Crippen LogP contribution is 2.29. The van der Waals surface area contributed by atoms with Crippen molar-refractivity contribution in [3.05, 3.63) is 60.7 Å². The molecule has 0 aliphatic rings. The standard InChI is InChI=1S/C20H21N3O2/c1-4-9-23(10-5-2)14-7-8-17-15(11-14)16-12-18(20(24)25-6-3)21-13-19(16)22-17/h4-5,7-13,22H,6H2,1-3H3/b9-4-,10-5-. The first kappa shape index (κ1) is 16.8. The summed E-state index contributed by atoms with van der Waals surface area (Å²) in [5.74, 6) is -0.403. The number of carbonyl (C=O) groups excluding carboxylic acids is 1. The van der Waals surface area contributed by atoms with Crippen molar-refractivity contribution in [1.29, 1.82) is 0 Å². The van der Waals surface area contributed by atoms with Gasteiger partial charge in [-0.25, -0.2) is 9.78 Å². The number of nitrogens with one attached hydrogen (secondary N) is 1. The van der Waals surface area contributed by atoms with Crippen molar-refractivity contribution < 1.29 is 9.53 Å². The number of rotatable bonds is 5. The summed E-state index contributed by atoms with van der Waals surface area (Å²) in [6.07, 6.45) is 9.66. The smallest absolute Gasteiger partial charge is 0.356 e. The molecule has 0 aliphatic carbocycles. The quantitative estimate of drug-likeness (QED) is 0.683. The highest BCUT2D eigenvalue weighted by atomic mass is 16.5. The molecule has 0 aliphatic heterocycles. The van der Waals surface area contributed by atoms with Gasteiger partial charge in [0.25, 0.3) is 0 Å². The minimum Gasteiger partial charge on any atom is -0.461 e. The van der Waals surface area contributed by atoms with Gasteiger partial charge in [-0.3, -0.25) is 0 Å². The zero-order valence-corrected chi connectivity index (χ0v) is 14.6. The molecule has 128 valence electrons. The molecule has 2 aromatic heterocycles. The number of nitrogens with zero attached hydrogens (tertiary/aromatic N) is 2. The summed E-state index contributed by atoms with van der Waals surface area (Å²) in [5, 5.41) is 2.00. The van der Waals surface area contributed by atoms with Gasteiger partial charge in [0, 0.05) is 34.4 Å². The number of esters is 1. The number of anilines is 1. The van der Waals surface area contributed by atoms with E-state index in [0.717, 1.165) is 27.5 Å². The van der Waals surface area contributed by atoms with Gasteiger partial charge in [-0.05, 0) is 45.0 Å². The third-order valence-corrected chi connectivity index (χ3v) is 3.87. The Kier molecular flexibility index (Phi) is 4.84. The number of hydrogen-bond acceptors (Lipinski definition) is 4. The second-order valence-corrected chi connectivity index (χ2v) is 5.56. The maximum Gasteiger partial charge on any atom is 0.356 e. The van der Waals surface area contributed by atoms with Crippen LogP contribution in [0.15, 0.2) is 55.0 Å². The minimum atomic E-state index is -0.403. The highest BCUT2D eigenvalue weighted by Gasteiger charge is 2.13. The van der Waals surface area contributed by atoms with E-state index >= 15 is 0 Å². The molecule has 1 aromatic carbocycles. The first-order chi connectivity index (χ1) is 12.2. The van der Waals surface area contributed by atoms with Crippen LogP contribution in [-0.2, 0) is 4.74 Å². The van der Waals surface area contributed by atoms with Crippen molar-refractivity contribution >= 4 is 33.5 Å². The zero-order valence-electron chi connectivity index (χ0n) is 14.6. The van der Waals surface area contributed by atoms with E-state index in [0.29, 0.717) is 12.3 Å². The molecule has 5 nitrogen and oxygen atoms in total. The van der Waals surface area contributed by atoms with Gasteiger partial charge >= 0.3 is 5.97 Å². The molecule has 5 heteroatoms. The molecule has 0 saturated heterocycles. The number of hydrogen-bond donors (Lipinski definition) is 1. The average Bonchev–Trinajstić information content (AvgIpc) is 2.98. The van der Waals surface area contributed by atoms with Crippen LogP contribution in [0.2, 0.25) is 0 Å². The molecule has 25 heavy (non-hydrogen) atoms. The van der Waals surface area contributed by atoms with Crippen LogP contribution in [0.25, 0.3) is 21.8 Å². The molecule has 0 bridgehead atoms. The molecule has 0 radical (unpaired) electrons. The largest absolute Gasteiger partial charge is 0.461 e. The molecule has 2 heterocycles. The average molecular weight is 335 g/mol. The lowest BCUT2D eigenvalue weighted by atomic mass is 10.1. The van der Waals surface area contributed by atoms with Crippen molar-refractivity contribution in [1.82, 2.24) is 9.97 Å². The van der Waals surface area contributed by atoms with E-state index in [1.807, 2.05) is 49.4 Å². The molecule has 0 fully saturated rings. The van der Waals surface area contributed by atoms with E-state index in [4.69, 9.17) is 4.74 Å². The van der Waals surface area contributed by atoms with Crippen molar-refractivity contribution in [3.8, 4) is 0 Å². The van der Waals surface area contributed by atoms with Crippen molar-refractivity contribution in [2.75, 3.05) is 11.5 Å². The fourth-order valence-electron chi connectivity index (χ4n) is 2.81. The first-order valence-corrected chi connectivity index (χ1v) is 8.30. The summed E-state index contributed by atoms with van der Waals surface area (Å²) < 4.78 is 5.05. The van der Waals surface area contributed by atoms with Gasteiger partial charge in [-0.15, -0.1) is 0 Å². The number of carbonyl (C=O) groups is 1. The summed E-state index contributed by atoms with van der Waals surface area (Å²) in [5.41, 5.74) is 3.25. The van der Waals surface area contributed by atoms with E-state index in [1.54, 1.807) is 19.2 Å². The van der Waals surface area contributed by atoms with Crippen LogP contribution in [0.5, 0.6) is 0 Å². The Labute approximate surface area is 146 Å². The Hall–Kier alpha value is -3.08. The molecule has 0 amide bonds. The van der Waals surface area contributed by atoms with Crippen molar-refractivity contribution in [3.63, 3.8) is 0 Å². The van der Waals surface area contributed by atoms with E-state index in [1.165, 1.54) is 0 Å². The fraction of sp³-hybridized carbons (Fsp3) is 0.200. The van der Waals surface area contributed by atoms with Crippen molar-refractivity contribution in [2.24, 2.45) is 0 Å². The molecule has 0 unspecified atom stereocenters. The summed E-state index contributed by atoms with van der Waals surface area (Å²) in [6, 6.07) is 7.97. The second kappa shape index (κ2) is 7.21. The van der Waals surface area contributed by atoms with Gasteiger partial charge in [0.15, 0.2) is 0 Å².